The Bertz CT molecular complexity index is 880. The van der Waals surface area contributed by atoms with Gasteiger partial charge in [-0.2, -0.15) is 0 Å². The highest BCUT2D eigenvalue weighted by molar-refractivity contribution is 6.04. The molecule has 1 aromatic carbocycles. The summed E-state index contributed by atoms with van der Waals surface area (Å²) in [6.07, 6.45) is 1.20. The molecule has 0 saturated carbocycles. The second kappa shape index (κ2) is 10.7. The van der Waals surface area contributed by atoms with Gasteiger partial charge in [0.2, 0.25) is 0 Å². The Labute approximate surface area is 165 Å². The van der Waals surface area contributed by atoms with Crippen LogP contribution < -0.4 is 0 Å². The molecule has 1 aromatic rings. The fourth-order valence-corrected chi connectivity index (χ4v) is 2.36. The zero-order valence-corrected chi connectivity index (χ0v) is 15.7. The first-order valence-corrected chi connectivity index (χ1v) is 8.44. The van der Waals surface area contributed by atoms with Crippen LogP contribution in [0.15, 0.2) is 42.5 Å². The predicted octanol–water partition coefficient (Wildman–Crippen LogP) is 1.65. The van der Waals surface area contributed by atoms with Gasteiger partial charge in [0.05, 0.1) is 23.1 Å². The molecule has 0 fully saturated rings. The Morgan fingerprint density at radius 3 is 2.07 bits per heavy atom. The van der Waals surface area contributed by atoms with Crippen LogP contribution in [-0.4, -0.2) is 57.0 Å². The molecule has 0 spiro atoms. The summed E-state index contributed by atoms with van der Waals surface area (Å²) in [4.78, 5) is 58.5. The Morgan fingerprint density at radius 1 is 0.966 bits per heavy atom. The fraction of sp³-hybridized carbons (Fsp3) is 0.250. The summed E-state index contributed by atoms with van der Waals surface area (Å²) in [5.41, 5.74) is -1.49. The normalized spacial score (nSPS) is 13.2. The monoisotopic (exact) mass is 404 g/mol. The van der Waals surface area contributed by atoms with Crippen molar-refractivity contribution >= 4 is 29.5 Å². The maximum Gasteiger partial charge on any atom is 0.338 e. The number of aliphatic hydroxyl groups is 1. The van der Waals surface area contributed by atoms with Crippen molar-refractivity contribution in [2.24, 2.45) is 0 Å². The number of aliphatic hydroxyl groups excluding tert-OH is 1. The molecule has 29 heavy (non-hydrogen) atoms. The van der Waals surface area contributed by atoms with Crippen molar-refractivity contribution in [2.75, 3.05) is 0 Å². The first-order chi connectivity index (χ1) is 13.6. The number of benzene rings is 1. The van der Waals surface area contributed by atoms with Crippen LogP contribution in [0, 0.1) is 0 Å². The maximum atomic E-state index is 12.4. The van der Waals surface area contributed by atoms with E-state index in [1.165, 1.54) is 25.2 Å². The highest BCUT2D eigenvalue weighted by atomic mass is 16.6. The summed E-state index contributed by atoms with van der Waals surface area (Å²) in [7, 11) is 0. The molecule has 0 bridgehead atoms. The number of carbonyl (C=O) groups is 5. The smallest absolute Gasteiger partial charge is 0.338 e. The highest BCUT2D eigenvalue weighted by Crippen LogP contribution is 2.17. The second-order valence-electron chi connectivity index (χ2n) is 5.83. The van der Waals surface area contributed by atoms with Gasteiger partial charge in [0.25, 0.3) is 0 Å². The van der Waals surface area contributed by atoms with E-state index >= 15 is 0 Å². The van der Waals surface area contributed by atoms with Crippen molar-refractivity contribution < 1.29 is 44.0 Å². The highest BCUT2D eigenvalue weighted by Gasteiger charge is 2.30. The van der Waals surface area contributed by atoms with Crippen LogP contribution in [0.2, 0.25) is 0 Å². The molecule has 0 aromatic heterocycles. The molecule has 9 heteroatoms. The zero-order chi connectivity index (χ0) is 22.1. The van der Waals surface area contributed by atoms with Crippen molar-refractivity contribution in [3.8, 4) is 0 Å². The molecule has 9 nitrogen and oxygen atoms in total. The van der Waals surface area contributed by atoms with Crippen LogP contribution in [0.3, 0.4) is 0 Å². The molecule has 0 radical (unpaired) electrons. The van der Waals surface area contributed by atoms with Crippen molar-refractivity contribution in [1.82, 2.24) is 0 Å². The summed E-state index contributed by atoms with van der Waals surface area (Å²) in [6, 6.07) is 2.76. The lowest BCUT2D eigenvalue weighted by atomic mass is 10.0. The molecule has 0 aliphatic heterocycles. The van der Waals surface area contributed by atoms with E-state index in [1.807, 2.05) is 0 Å². The number of carboxylic acid groups (broad SMARTS) is 2. The van der Waals surface area contributed by atoms with Crippen LogP contribution in [-0.2, 0) is 14.3 Å². The molecule has 0 aliphatic carbocycles. The molecule has 0 amide bonds. The van der Waals surface area contributed by atoms with Gasteiger partial charge in [-0.15, -0.1) is 0 Å². The van der Waals surface area contributed by atoms with Gasteiger partial charge >= 0.3 is 17.9 Å². The third-order valence-corrected chi connectivity index (χ3v) is 3.70. The number of ketones is 2. The standard InChI is InChI=1S/C20H20O9/c1-3-5-12(21)10-16(17(23)15(22)6-4-2)29-20(28)11-7-8-13(18(24)25)14(9-11)19(26)27/h3-9,16-17,23H,10H2,1-2H3,(H,24,25)(H,26,27). The number of hydrogen-bond acceptors (Lipinski definition) is 7. The molecular formula is C20H20O9. The lowest BCUT2D eigenvalue weighted by Gasteiger charge is -2.21. The van der Waals surface area contributed by atoms with Crippen LogP contribution in [0.25, 0.3) is 0 Å². The molecule has 2 unspecified atom stereocenters. The van der Waals surface area contributed by atoms with Crippen LogP contribution in [0.4, 0.5) is 0 Å². The van der Waals surface area contributed by atoms with E-state index in [9.17, 15) is 29.1 Å². The number of aromatic carboxylic acids is 2. The molecule has 0 aliphatic rings. The number of carbonyl (C=O) groups excluding carboxylic acids is 3. The third kappa shape index (κ3) is 6.51. The average Bonchev–Trinajstić information content (AvgIpc) is 2.66. The SMILES string of the molecule is CC=CC(=O)CC(OC(=O)c1ccc(C(=O)O)c(C(=O)O)c1)C(O)C(=O)C=CC. The van der Waals surface area contributed by atoms with Crippen molar-refractivity contribution in [2.45, 2.75) is 32.5 Å². The lowest BCUT2D eigenvalue weighted by molar-refractivity contribution is -0.130. The number of esters is 1. The van der Waals surface area contributed by atoms with Crippen molar-refractivity contribution in [3.63, 3.8) is 0 Å². The number of ether oxygens (including phenoxy) is 1. The molecule has 0 saturated heterocycles. The summed E-state index contributed by atoms with van der Waals surface area (Å²) in [5, 5.41) is 28.3. The molecule has 154 valence electrons. The number of hydrogen-bond donors (Lipinski definition) is 3. The van der Waals surface area contributed by atoms with Crippen LogP contribution >= 0.6 is 0 Å². The van der Waals surface area contributed by atoms with E-state index in [4.69, 9.17) is 14.9 Å². The predicted molar refractivity (Wildman–Crippen MR) is 99.8 cm³/mol. The summed E-state index contributed by atoms with van der Waals surface area (Å²) >= 11 is 0. The number of allylic oxidation sites excluding steroid dienone is 3. The lowest BCUT2D eigenvalue weighted by Crippen LogP contribution is -2.38. The van der Waals surface area contributed by atoms with E-state index in [1.54, 1.807) is 6.92 Å². The summed E-state index contributed by atoms with van der Waals surface area (Å²) in [5.74, 6) is -5.49. The summed E-state index contributed by atoms with van der Waals surface area (Å²) < 4.78 is 5.08. The van der Waals surface area contributed by atoms with E-state index in [2.05, 4.69) is 0 Å². The Kier molecular flexibility index (Phi) is 8.63. The van der Waals surface area contributed by atoms with Crippen LogP contribution in [0.5, 0.6) is 0 Å². The molecule has 1 rings (SSSR count). The van der Waals surface area contributed by atoms with Gasteiger partial charge in [-0.25, -0.2) is 14.4 Å². The molecular weight excluding hydrogens is 384 g/mol. The quantitative estimate of drug-likeness (QED) is 0.390. The van der Waals surface area contributed by atoms with E-state index in [-0.39, 0.29) is 5.56 Å². The minimum absolute atomic E-state index is 0.318. The maximum absolute atomic E-state index is 12.4. The minimum Gasteiger partial charge on any atom is -0.478 e. The topological polar surface area (TPSA) is 155 Å². The first-order valence-electron chi connectivity index (χ1n) is 8.44. The van der Waals surface area contributed by atoms with Gasteiger partial charge in [-0.3, -0.25) is 9.59 Å². The van der Waals surface area contributed by atoms with E-state index in [0.717, 1.165) is 24.3 Å². The van der Waals surface area contributed by atoms with Crippen LogP contribution in [0.1, 0.15) is 51.3 Å². The van der Waals surface area contributed by atoms with Crippen molar-refractivity contribution in [1.29, 1.82) is 0 Å². The van der Waals surface area contributed by atoms with E-state index < -0.39 is 59.2 Å². The van der Waals surface area contributed by atoms with Gasteiger partial charge in [0.1, 0.15) is 6.10 Å². The van der Waals surface area contributed by atoms with Gasteiger partial charge in [0.15, 0.2) is 17.7 Å². The fourth-order valence-electron chi connectivity index (χ4n) is 2.36. The molecule has 2 atom stereocenters. The van der Waals surface area contributed by atoms with Gasteiger partial charge < -0.3 is 20.1 Å². The third-order valence-electron chi connectivity index (χ3n) is 3.70. The van der Waals surface area contributed by atoms with E-state index in [0.29, 0.717) is 0 Å². The number of carboxylic acids is 2. The molecule has 0 heterocycles. The number of rotatable bonds is 10. The average molecular weight is 404 g/mol. The second-order valence-corrected chi connectivity index (χ2v) is 5.83. The first kappa shape index (κ1) is 23.4. The molecule has 3 N–H and O–H groups in total. The minimum atomic E-state index is -1.82. The van der Waals surface area contributed by atoms with Gasteiger partial charge in [-0.05, 0) is 44.2 Å². The summed E-state index contributed by atoms with van der Waals surface area (Å²) in [6.45, 7) is 3.12. The van der Waals surface area contributed by atoms with Gasteiger partial charge in [-0.1, -0.05) is 12.2 Å². The Morgan fingerprint density at radius 2 is 1.55 bits per heavy atom. The van der Waals surface area contributed by atoms with Gasteiger partial charge in [0, 0.05) is 0 Å². The Balaban J connectivity index is 3.20. The largest absolute Gasteiger partial charge is 0.478 e. The Hall–Kier alpha value is -3.59. The zero-order valence-electron chi connectivity index (χ0n) is 15.7. The van der Waals surface area contributed by atoms with Crippen molar-refractivity contribution in [3.05, 3.63) is 59.2 Å².